The van der Waals surface area contributed by atoms with Gasteiger partial charge in [-0.2, -0.15) is 0 Å². The Morgan fingerprint density at radius 3 is 2.62 bits per heavy atom. The third-order valence-corrected chi connectivity index (χ3v) is 2.19. The average Bonchev–Trinajstić information content (AvgIpc) is 2.63. The minimum absolute atomic E-state index is 0.0151. The van der Waals surface area contributed by atoms with Gasteiger partial charge in [-0.1, -0.05) is 13.8 Å². The van der Waals surface area contributed by atoms with Crippen molar-refractivity contribution in [2.24, 2.45) is 5.92 Å². The molecule has 0 aromatic carbocycles. The molecular formula is C12H18N2O2. The summed E-state index contributed by atoms with van der Waals surface area (Å²) in [6.45, 7) is 6.55. The molecule has 1 aromatic heterocycles. The smallest absolute Gasteiger partial charge is 0.239 e. The van der Waals surface area contributed by atoms with E-state index in [9.17, 15) is 9.59 Å². The van der Waals surface area contributed by atoms with E-state index >= 15 is 0 Å². The molecule has 0 saturated carbocycles. The van der Waals surface area contributed by atoms with Crippen LogP contribution >= 0.6 is 0 Å². The van der Waals surface area contributed by atoms with Crippen molar-refractivity contribution in [1.29, 1.82) is 0 Å². The Bertz CT molecular complexity index is 380. The number of carbonyl (C=O) groups is 2. The van der Waals surface area contributed by atoms with Crippen LogP contribution in [-0.2, 0) is 11.3 Å². The van der Waals surface area contributed by atoms with Crippen molar-refractivity contribution in [2.45, 2.75) is 27.3 Å². The van der Waals surface area contributed by atoms with Gasteiger partial charge in [0.1, 0.15) is 6.54 Å². The van der Waals surface area contributed by atoms with E-state index in [1.165, 1.54) is 6.92 Å². The minimum atomic E-state index is -0.0283. The predicted molar refractivity (Wildman–Crippen MR) is 62.3 cm³/mol. The van der Waals surface area contributed by atoms with Crippen molar-refractivity contribution in [1.82, 2.24) is 9.88 Å². The molecule has 0 atom stereocenters. The van der Waals surface area contributed by atoms with Gasteiger partial charge in [0.05, 0.1) is 0 Å². The fraction of sp³-hybridized carbons (Fsp3) is 0.500. The molecule has 0 radical (unpaired) electrons. The number of nitrogens with zero attached hydrogens (tertiary/aromatic N) is 1. The molecule has 0 aliphatic carbocycles. The van der Waals surface area contributed by atoms with Gasteiger partial charge in [0.25, 0.3) is 0 Å². The largest absolute Gasteiger partial charge is 0.354 e. The number of hydrogen-bond acceptors (Lipinski definition) is 2. The third-order valence-electron chi connectivity index (χ3n) is 2.19. The molecule has 0 aliphatic heterocycles. The molecule has 4 heteroatoms. The third kappa shape index (κ3) is 3.88. The molecule has 1 aromatic rings. The molecule has 1 heterocycles. The Hall–Kier alpha value is -1.58. The quantitative estimate of drug-likeness (QED) is 0.767. The molecule has 1 N–H and O–H groups in total. The molecule has 0 unspecified atom stereocenters. The van der Waals surface area contributed by atoms with Crippen LogP contribution in [0.4, 0.5) is 0 Å². The summed E-state index contributed by atoms with van der Waals surface area (Å²) in [5.41, 5.74) is 0.636. The molecule has 4 nitrogen and oxygen atoms in total. The normalized spacial score (nSPS) is 10.5. The van der Waals surface area contributed by atoms with Crippen molar-refractivity contribution in [2.75, 3.05) is 6.54 Å². The topological polar surface area (TPSA) is 51.1 Å². The highest BCUT2D eigenvalue weighted by molar-refractivity contribution is 5.93. The van der Waals surface area contributed by atoms with Crippen LogP contribution in [0.25, 0.3) is 0 Å². The lowest BCUT2D eigenvalue weighted by molar-refractivity contribution is -0.121. The molecule has 16 heavy (non-hydrogen) atoms. The van der Waals surface area contributed by atoms with E-state index < -0.39 is 0 Å². The summed E-state index contributed by atoms with van der Waals surface area (Å²) < 4.78 is 1.71. The number of ketones is 1. The minimum Gasteiger partial charge on any atom is -0.354 e. The molecular weight excluding hydrogens is 204 g/mol. The first-order valence-electron chi connectivity index (χ1n) is 5.42. The first-order chi connectivity index (χ1) is 7.49. The number of hydrogen-bond donors (Lipinski definition) is 1. The molecule has 1 amide bonds. The molecule has 0 fully saturated rings. The van der Waals surface area contributed by atoms with E-state index in [1.54, 1.807) is 23.0 Å². The van der Waals surface area contributed by atoms with E-state index in [4.69, 9.17) is 0 Å². The van der Waals surface area contributed by atoms with Crippen LogP contribution < -0.4 is 5.32 Å². The number of nitrogens with one attached hydrogen (secondary N) is 1. The van der Waals surface area contributed by atoms with E-state index in [-0.39, 0.29) is 18.2 Å². The first-order valence-corrected chi connectivity index (χ1v) is 5.42. The summed E-state index contributed by atoms with van der Waals surface area (Å²) in [5.74, 6) is 0.433. The number of Topliss-reactive ketones (excluding diaryl/α,β-unsaturated/α-hetero) is 1. The molecule has 0 aliphatic rings. The van der Waals surface area contributed by atoms with Crippen LogP contribution in [-0.4, -0.2) is 22.8 Å². The van der Waals surface area contributed by atoms with Crippen molar-refractivity contribution >= 4 is 11.7 Å². The maximum absolute atomic E-state index is 11.5. The number of carbonyl (C=O) groups excluding carboxylic acids is 2. The summed E-state index contributed by atoms with van der Waals surface area (Å²) in [7, 11) is 0. The fourth-order valence-corrected chi connectivity index (χ4v) is 1.29. The molecule has 0 bridgehead atoms. The lowest BCUT2D eigenvalue weighted by Crippen LogP contribution is -2.30. The van der Waals surface area contributed by atoms with Gasteiger partial charge >= 0.3 is 0 Å². The van der Waals surface area contributed by atoms with E-state index in [2.05, 4.69) is 5.32 Å². The highest BCUT2D eigenvalue weighted by Crippen LogP contribution is 2.01. The lowest BCUT2D eigenvalue weighted by Gasteiger charge is -2.07. The Balaban J connectivity index is 2.46. The van der Waals surface area contributed by atoms with Crippen LogP contribution in [0.1, 0.15) is 31.1 Å². The summed E-state index contributed by atoms with van der Waals surface area (Å²) in [6, 6.07) is 1.72. The summed E-state index contributed by atoms with van der Waals surface area (Å²) in [4.78, 5) is 22.5. The van der Waals surface area contributed by atoms with E-state index in [0.29, 0.717) is 18.0 Å². The predicted octanol–water partition coefficient (Wildman–Crippen LogP) is 1.46. The maximum Gasteiger partial charge on any atom is 0.239 e. The van der Waals surface area contributed by atoms with Crippen LogP contribution in [0.2, 0.25) is 0 Å². The van der Waals surface area contributed by atoms with E-state index in [1.807, 2.05) is 13.8 Å². The van der Waals surface area contributed by atoms with Crippen LogP contribution in [0, 0.1) is 5.92 Å². The lowest BCUT2D eigenvalue weighted by atomic mass is 10.2. The zero-order valence-corrected chi connectivity index (χ0v) is 9.99. The number of aromatic nitrogens is 1. The highest BCUT2D eigenvalue weighted by Gasteiger charge is 2.05. The zero-order valence-electron chi connectivity index (χ0n) is 9.99. The van der Waals surface area contributed by atoms with Crippen LogP contribution in [0.5, 0.6) is 0 Å². The Morgan fingerprint density at radius 1 is 1.44 bits per heavy atom. The fourth-order valence-electron chi connectivity index (χ4n) is 1.29. The monoisotopic (exact) mass is 222 g/mol. The highest BCUT2D eigenvalue weighted by atomic mass is 16.2. The van der Waals surface area contributed by atoms with Crippen molar-refractivity contribution < 1.29 is 9.59 Å². The van der Waals surface area contributed by atoms with Crippen molar-refractivity contribution in [3.63, 3.8) is 0 Å². The van der Waals surface area contributed by atoms with Gasteiger partial charge in [-0.05, 0) is 18.9 Å². The number of amides is 1. The van der Waals surface area contributed by atoms with Crippen LogP contribution in [0.3, 0.4) is 0 Å². The van der Waals surface area contributed by atoms with Gasteiger partial charge in [0.15, 0.2) is 5.78 Å². The van der Waals surface area contributed by atoms with Gasteiger partial charge < -0.3 is 9.88 Å². The second-order valence-corrected chi connectivity index (χ2v) is 4.33. The SMILES string of the molecule is CC(=O)c1ccn(CC(=O)NCC(C)C)c1. The van der Waals surface area contributed by atoms with E-state index in [0.717, 1.165) is 0 Å². The van der Waals surface area contributed by atoms with Gasteiger partial charge in [-0.15, -0.1) is 0 Å². The second kappa shape index (κ2) is 5.49. The van der Waals surface area contributed by atoms with Gasteiger partial charge in [-0.3, -0.25) is 9.59 Å². The molecule has 0 spiro atoms. The molecule has 1 rings (SSSR count). The van der Waals surface area contributed by atoms with Crippen LogP contribution in [0.15, 0.2) is 18.5 Å². The number of rotatable bonds is 5. The Morgan fingerprint density at radius 2 is 2.12 bits per heavy atom. The zero-order chi connectivity index (χ0) is 12.1. The summed E-state index contributed by atoms with van der Waals surface area (Å²) in [6.07, 6.45) is 3.43. The summed E-state index contributed by atoms with van der Waals surface area (Å²) >= 11 is 0. The first kappa shape index (κ1) is 12.5. The second-order valence-electron chi connectivity index (χ2n) is 4.33. The Labute approximate surface area is 95.6 Å². The summed E-state index contributed by atoms with van der Waals surface area (Å²) in [5, 5.41) is 2.82. The average molecular weight is 222 g/mol. The van der Waals surface area contributed by atoms with Crippen molar-refractivity contribution in [3.8, 4) is 0 Å². The maximum atomic E-state index is 11.5. The van der Waals surface area contributed by atoms with Gasteiger partial charge in [0.2, 0.25) is 5.91 Å². The standard InChI is InChI=1S/C12H18N2O2/c1-9(2)6-13-12(16)8-14-5-4-11(7-14)10(3)15/h4-5,7,9H,6,8H2,1-3H3,(H,13,16). The van der Waals surface area contributed by atoms with Crippen molar-refractivity contribution in [3.05, 3.63) is 24.0 Å². The van der Waals surface area contributed by atoms with Gasteiger partial charge in [-0.25, -0.2) is 0 Å². The molecule has 0 saturated heterocycles. The Kier molecular flexibility index (Phi) is 4.28. The molecule has 88 valence electrons. The van der Waals surface area contributed by atoms with Gasteiger partial charge in [0, 0.05) is 24.5 Å².